The van der Waals surface area contributed by atoms with E-state index in [0.29, 0.717) is 0 Å². The third kappa shape index (κ3) is 7.16. The first-order chi connectivity index (χ1) is 14.3. The number of unbranched alkanes of at least 4 members (excludes halogenated alkanes) is 7. The van der Waals surface area contributed by atoms with Gasteiger partial charge in [0.25, 0.3) is 0 Å². The molecule has 0 saturated heterocycles. The van der Waals surface area contributed by atoms with Crippen molar-refractivity contribution in [1.82, 2.24) is 0 Å². The number of benzene rings is 2. The third-order valence-corrected chi connectivity index (χ3v) is 7.28. The van der Waals surface area contributed by atoms with E-state index < -0.39 is 0 Å². The van der Waals surface area contributed by atoms with Crippen molar-refractivity contribution in [2.45, 2.75) is 116 Å². The van der Waals surface area contributed by atoms with E-state index in [-0.39, 0.29) is 0 Å². The predicted molar refractivity (Wildman–Crippen MR) is 130 cm³/mol. The molecule has 1 aliphatic rings. The van der Waals surface area contributed by atoms with Crippen molar-refractivity contribution in [3.63, 3.8) is 0 Å². The van der Waals surface area contributed by atoms with Crippen molar-refractivity contribution in [3.05, 3.63) is 47.5 Å². The zero-order valence-corrected chi connectivity index (χ0v) is 19.2. The Hall–Kier alpha value is -1.30. The number of hydrogen-bond donors (Lipinski definition) is 0. The van der Waals surface area contributed by atoms with Gasteiger partial charge in [0.15, 0.2) is 0 Å². The first-order valence-corrected chi connectivity index (χ1v) is 12.8. The molecule has 0 atom stereocenters. The minimum absolute atomic E-state index is 0.796. The van der Waals surface area contributed by atoms with E-state index >= 15 is 0 Å². The van der Waals surface area contributed by atoms with E-state index in [1.807, 2.05) is 0 Å². The minimum atomic E-state index is 0.796. The maximum atomic E-state index is 2.49. The summed E-state index contributed by atoms with van der Waals surface area (Å²) in [7, 11) is 0. The van der Waals surface area contributed by atoms with Crippen molar-refractivity contribution in [2.75, 3.05) is 0 Å². The molecule has 0 spiro atoms. The van der Waals surface area contributed by atoms with Crippen LogP contribution in [0.15, 0.2) is 36.4 Å². The molecular weight excluding hydrogens is 348 g/mol. The second-order valence-corrected chi connectivity index (χ2v) is 9.67. The van der Waals surface area contributed by atoms with E-state index in [0.717, 1.165) is 11.8 Å². The Morgan fingerprint density at radius 3 is 2.07 bits per heavy atom. The van der Waals surface area contributed by atoms with Crippen LogP contribution in [0.25, 0.3) is 10.8 Å². The summed E-state index contributed by atoms with van der Waals surface area (Å²) >= 11 is 0. The van der Waals surface area contributed by atoms with Crippen LogP contribution in [0.2, 0.25) is 0 Å². The SMILES string of the molecule is CCCCCCCc1ccc2cc([C@H]3CC[C@H](CCCCCC)CC3)ccc2c1. The molecule has 1 aliphatic carbocycles. The summed E-state index contributed by atoms with van der Waals surface area (Å²) in [5, 5.41) is 2.88. The first kappa shape index (κ1) is 22.4. The van der Waals surface area contributed by atoms with Crippen LogP contribution in [-0.2, 0) is 6.42 Å². The summed E-state index contributed by atoms with van der Waals surface area (Å²) in [5.41, 5.74) is 3.11. The van der Waals surface area contributed by atoms with Crippen LogP contribution >= 0.6 is 0 Å². The average molecular weight is 393 g/mol. The maximum Gasteiger partial charge on any atom is -0.0162 e. The average Bonchev–Trinajstić information content (AvgIpc) is 2.76. The molecule has 0 unspecified atom stereocenters. The second-order valence-electron chi connectivity index (χ2n) is 9.67. The molecule has 1 fully saturated rings. The number of aryl methyl sites for hydroxylation is 1. The Morgan fingerprint density at radius 1 is 0.655 bits per heavy atom. The lowest BCUT2D eigenvalue weighted by molar-refractivity contribution is 0.302. The monoisotopic (exact) mass is 392 g/mol. The molecule has 0 aromatic heterocycles. The first-order valence-electron chi connectivity index (χ1n) is 12.8. The minimum Gasteiger partial charge on any atom is -0.0654 e. The Labute approximate surface area is 180 Å². The molecule has 160 valence electrons. The summed E-state index contributed by atoms with van der Waals surface area (Å²) in [6, 6.07) is 14.5. The van der Waals surface area contributed by atoms with Gasteiger partial charge in [0.05, 0.1) is 0 Å². The van der Waals surface area contributed by atoms with Gasteiger partial charge in [-0.25, -0.2) is 0 Å². The van der Waals surface area contributed by atoms with Crippen LogP contribution in [-0.4, -0.2) is 0 Å². The van der Waals surface area contributed by atoms with Gasteiger partial charge >= 0.3 is 0 Å². The normalized spacial score (nSPS) is 19.7. The molecule has 1 saturated carbocycles. The lowest BCUT2D eigenvalue weighted by atomic mass is 9.76. The molecule has 0 heteroatoms. The molecule has 2 aromatic rings. The van der Waals surface area contributed by atoms with Crippen LogP contribution in [0.3, 0.4) is 0 Å². The van der Waals surface area contributed by atoms with Crippen LogP contribution in [0.5, 0.6) is 0 Å². The number of rotatable bonds is 12. The lowest BCUT2D eigenvalue weighted by Crippen LogP contribution is -2.13. The molecule has 0 N–H and O–H groups in total. The molecule has 0 heterocycles. The zero-order valence-electron chi connectivity index (χ0n) is 19.2. The molecule has 3 rings (SSSR count). The van der Waals surface area contributed by atoms with Gasteiger partial charge in [0.1, 0.15) is 0 Å². The fourth-order valence-corrected chi connectivity index (χ4v) is 5.30. The van der Waals surface area contributed by atoms with E-state index in [4.69, 9.17) is 0 Å². The van der Waals surface area contributed by atoms with Gasteiger partial charge in [0, 0.05) is 0 Å². The molecule has 0 aliphatic heterocycles. The Morgan fingerprint density at radius 2 is 1.31 bits per heavy atom. The van der Waals surface area contributed by atoms with Crippen molar-refractivity contribution in [1.29, 1.82) is 0 Å². The number of hydrogen-bond acceptors (Lipinski definition) is 0. The maximum absolute atomic E-state index is 2.49. The van der Waals surface area contributed by atoms with Crippen LogP contribution < -0.4 is 0 Å². The molecule has 29 heavy (non-hydrogen) atoms. The fraction of sp³-hybridized carbons (Fsp3) is 0.655. The Balaban J connectivity index is 1.49. The van der Waals surface area contributed by atoms with Gasteiger partial charge in [-0.1, -0.05) is 108 Å². The summed E-state index contributed by atoms with van der Waals surface area (Å²) < 4.78 is 0. The zero-order chi connectivity index (χ0) is 20.3. The van der Waals surface area contributed by atoms with E-state index in [2.05, 4.69) is 50.2 Å². The standard InChI is InChI=1S/C29H44/c1-3-5-7-9-11-13-25-16-19-29-23-28(21-20-27(29)22-25)26-17-14-24(15-18-26)12-10-8-6-4-2/h16,19-24,26H,3-15,17-18H2,1-2H3/t24-,26-. The highest BCUT2D eigenvalue weighted by Crippen LogP contribution is 2.38. The molecule has 2 aromatic carbocycles. The van der Waals surface area contributed by atoms with Crippen molar-refractivity contribution < 1.29 is 0 Å². The topological polar surface area (TPSA) is 0 Å². The Bertz CT molecular complexity index is 705. The summed E-state index contributed by atoms with van der Waals surface area (Å²) in [5.74, 6) is 1.80. The smallest absolute Gasteiger partial charge is 0.0162 e. The van der Waals surface area contributed by atoms with Crippen LogP contribution in [0, 0.1) is 5.92 Å². The molecular formula is C29H44. The van der Waals surface area contributed by atoms with E-state index in [1.165, 1.54) is 113 Å². The van der Waals surface area contributed by atoms with Crippen molar-refractivity contribution in [3.8, 4) is 0 Å². The number of fused-ring (bicyclic) bond motifs is 1. The predicted octanol–water partition coefficient (Wildman–Crippen LogP) is 9.60. The molecule has 0 radical (unpaired) electrons. The highest BCUT2D eigenvalue weighted by atomic mass is 14.3. The second kappa shape index (κ2) is 12.4. The largest absolute Gasteiger partial charge is 0.0654 e. The summed E-state index contributed by atoms with van der Waals surface area (Å²) in [6.07, 6.45) is 20.9. The molecule has 0 nitrogen and oxygen atoms in total. The van der Waals surface area contributed by atoms with Crippen molar-refractivity contribution >= 4 is 10.8 Å². The fourth-order valence-electron chi connectivity index (χ4n) is 5.30. The Kier molecular flexibility index (Phi) is 9.58. The summed E-state index contributed by atoms with van der Waals surface area (Å²) in [6.45, 7) is 4.60. The van der Waals surface area contributed by atoms with Gasteiger partial charge in [-0.05, 0) is 72.3 Å². The van der Waals surface area contributed by atoms with Crippen LogP contribution in [0.1, 0.15) is 121 Å². The third-order valence-electron chi connectivity index (χ3n) is 7.28. The van der Waals surface area contributed by atoms with Gasteiger partial charge in [0.2, 0.25) is 0 Å². The summed E-state index contributed by atoms with van der Waals surface area (Å²) in [4.78, 5) is 0. The lowest BCUT2D eigenvalue weighted by Gasteiger charge is -2.29. The van der Waals surface area contributed by atoms with Crippen LogP contribution in [0.4, 0.5) is 0 Å². The quantitative estimate of drug-likeness (QED) is 0.315. The van der Waals surface area contributed by atoms with Crippen molar-refractivity contribution in [2.24, 2.45) is 5.92 Å². The van der Waals surface area contributed by atoms with E-state index in [9.17, 15) is 0 Å². The molecule has 0 bridgehead atoms. The highest BCUT2D eigenvalue weighted by molar-refractivity contribution is 5.84. The molecule has 0 amide bonds. The van der Waals surface area contributed by atoms with E-state index in [1.54, 1.807) is 5.56 Å². The van der Waals surface area contributed by atoms with Gasteiger partial charge in [-0.15, -0.1) is 0 Å². The highest BCUT2D eigenvalue weighted by Gasteiger charge is 2.22. The van der Waals surface area contributed by atoms with Gasteiger partial charge in [-0.2, -0.15) is 0 Å². The van der Waals surface area contributed by atoms with Gasteiger partial charge in [-0.3, -0.25) is 0 Å². The van der Waals surface area contributed by atoms with Gasteiger partial charge < -0.3 is 0 Å².